The van der Waals surface area contributed by atoms with Crippen LogP contribution >= 0.6 is 0 Å². The summed E-state index contributed by atoms with van der Waals surface area (Å²) in [4.78, 5) is 43.4. The Morgan fingerprint density at radius 1 is 1.26 bits per heavy atom. The summed E-state index contributed by atoms with van der Waals surface area (Å²) >= 11 is 0. The number of rotatable bonds is 5. The molecule has 3 fully saturated rings. The van der Waals surface area contributed by atoms with Crippen LogP contribution in [-0.2, 0) is 9.59 Å². The number of urea groups is 1. The number of hydrogen-bond donors (Lipinski definition) is 1. The molecular formula is C20H34N4O3. The number of carbonyl (C=O) groups is 3. The van der Waals surface area contributed by atoms with Gasteiger partial charge in [-0.1, -0.05) is 0 Å². The molecule has 1 N–H and O–H groups in total. The Hall–Kier alpha value is -1.47. The average molecular weight is 379 g/mol. The van der Waals surface area contributed by atoms with E-state index in [2.05, 4.69) is 15.1 Å². The van der Waals surface area contributed by atoms with Crippen molar-refractivity contribution in [2.75, 3.05) is 46.3 Å². The molecule has 27 heavy (non-hydrogen) atoms. The second kappa shape index (κ2) is 9.15. The zero-order valence-corrected chi connectivity index (χ0v) is 16.8. The number of hydrogen-bond acceptors (Lipinski definition) is 5. The molecule has 0 radical (unpaired) electrons. The molecule has 2 saturated heterocycles. The number of nitrogens with one attached hydrogen (secondary N) is 1. The molecule has 7 heteroatoms. The van der Waals surface area contributed by atoms with Gasteiger partial charge in [-0.05, 0) is 58.7 Å². The lowest BCUT2D eigenvalue weighted by molar-refractivity contribution is -0.138. The van der Waals surface area contributed by atoms with Gasteiger partial charge in [0.2, 0.25) is 5.91 Å². The minimum absolute atomic E-state index is 0.0977. The third-order valence-corrected chi connectivity index (χ3v) is 6.49. The molecule has 0 bridgehead atoms. The monoisotopic (exact) mass is 378 g/mol. The van der Waals surface area contributed by atoms with E-state index in [4.69, 9.17) is 0 Å². The van der Waals surface area contributed by atoms with Gasteiger partial charge in [0.25, 0.3) is 0 Å². The molecule has 0 aromatic carbocycles. The summed E-state index contributed by atoms with van der Waals surface area (Å²) in [7, 11) is 2.04. The number of piperidine rings is 1. The van der Waals surface area contributed by atoms with Crippen molar-refractivity contribution in [2.24, 2.45) is 11.8 Å². The average Bonchev–Trinajstić information content (AvgIpc) is 3.15. The highest BCUT2D eigenvalue weighted by Gasteiger charge is 2.41. The maximum atomic E-state index is 13.0. The number of likely N-dealkylation sites (tertiary alicyclic amines) is 2. The minimum atomic E-state index is -0.286. The predicted molar refractivity (Wildman–Crippen MR) is 103 cm³/mol. The molecule has 152 valence electrons. The van der Waals surface area contributed by atoms with Gasteiger partial charge in [0.15, 0.2) is 0 Å². The molecule has 3 atom stereocenters. The Balaban J connectivity index is 1.53. The Labute approximate surface area is 162 Å². The van der Waals surface area contributed by atoms with E-state index in [0.29, 0.717) is 44.3 Å². The second-order valence-electron chi connectivity index (χ2n) is 8.34. The molecule has 1 saturated carbocycles. The van der Waals surface area contributed by atoms with Gasteiger partial charge in [-0.15, -0.1) is 0 Å². The molecule has 2 aliphatic heterocycles. The zero-order valence-electron chi connectivity index (χ0n) is 16.8. The largest absolute Gasteiger partial charge is 0.336 e. The second-order valence-corrected chi connectivity index (χ2v) is 8.34. The van der Waals surface area contributed by atoms with Crippen LogP contribution in [0.3, 0.4) is 0 Å². The lowest BCUT2D eigenvalue weighted by Gasteiger charge is -2.45. The first-order valence-electron chi connectivity index (χ1n) is 10.5. The SMILES string of the molecule is CCN(C(=O)NCCN1CCCC1)C(=O)[C@@H]1C[C@@H]2CC(=O)CC[C@H]2N(C)C1. The highest BCUT2D eigenvalue weighted by molar-refractivity contribution is 5.95. The van der Waals surface area contributed by atoms with Crippen LogP contribution in [0.15, 0.2) is 0 Å². The maximum Gasteiger partial charge on any atom is 0.324 e. The van der Waals surface area contributed by atoms with Crippen LogP contribution in [0.5, 0.6) is 0 Å². The maximum absolute atomic E-state index is 13.0. The summed E-state index contributed by atoms with van der Waals surface area (Å²) in [5.41, 5.74) is 0. The number of amides is 3. The lowest BCUT2D eigenvalue weighted by atomic mass is 9.74. The van der Waals surface area contributed by atoms with Crippen LogP contribution in [0.2, 0.25) is 0 Å². The predicted octanol–water partition coefficient (Wildman–Crippen LogP) is 1.33. The van der Waals surface area contributed by atoms with E-state index in [9.17, 15) is 14.4 Å². The highest BCUT2D eigenvalue weighted by Crippen LogP contribution is 2.36. The standard InChI is InChI=1S/C20H34N4O3/c1-3-24(20(27)21-8-11-23-9-4-5-10-23)19(26)16-12-15-13-17(25)6-7-18(15)22(2)14-16/h15-16,18H,3-14H2,1-2H3,(H,21,27)/t15-,16-,18-/m1/s1. The number of Topliss-reactive ketones (excluding diaryl/α,β-unsaturated/α-hetero) is 1. The van der Waals surface area contributed by atoms with E-state index >= 15 is 0 Å². The Morgan fingerprint density at radius 3 is 2.70 bits per heavy atom. The van der Waals surface area contributed by atoms with Crippen molar-refractivity contribution in [3.8, 4) is 0 Å². The Morgan fingerprint density at radius 2 is 2.00 bits per heavy atom. The number of imide groups is 1. The number of ketones is 1. The van der Waals surface area contributed by atoms with Gasteiger partial charge >= 0.3 is 6.03 Å². The van der Waals surface area contributed by atoms with Gasteiger partial charge < -0.3 is 15.1 Å². The van der Waals surface area contributed by atoms with Crippen LogP contribution in [-0.4, -0.2) is 84.8 Å². The van der Waals surface area contributed by atoms with Crippen LogP contribution in [0.1, 0.15) is 45.4 Å². The first-order valence-corrected chi connectivity index (χ1v) is 10.5. The van der Waals surface area contributed by atoms with Crippen molar-refractivity contribution in [3.63, 3.8) is 0 Å². The van der Waals surface area contributed by atoms with Crippen LogP contribution in [0.25, 0.3) is 0 Å². The molecule has 1 aliphatic carbocycles. The fourth-order valence-corrected chi connectivity index (χ4v) is 5.04. The van der Waals surface area contributed by atoms with Gasteiger partial charge in [-0.25, -0.2) is 4.79 Å². The van der Waals surface area contributed by atoms with Gasteiger partial charge in [0.1, 0.15) is 5.78 Å². The third-order valence-electron chi connectivity index (χ3n) is 6.49. The van der Waals surface area contributed by atoms with Gasteiger partial charge in [-0.3, -0.25) is 14.5 Å². The van der Waals surface area contributed by atoms with Crippen molar-refractivity contribution in [1.82, 2.24) is 20.0 Å². The van der Waals surface area contributed by atoms with E-state index < -0.39 is 0 Å². The molecular weight excluding hydrogens is 344 g/mol. The third kappa shape index (κ3) is 4.88. The van der Waals surface area contributed by atoms with Crippen molar-refractivity contribution < 1.29 is 14.4 Å². The molecule has 0 aromatic rings. The number of nitrogens with zero attached hydrogens (tertiary/aromatic N) is 3. The summed E-state index contributed by atoms with van der Waals surface area (Å²) in [6.07, 6.45) is 5.31. The Kier molecular flexibility index (Phi) is 6.87. The first kappa shape index (κ1) is 20.3. The highest BCUT2D eigenvalue weighted by atomic mass is 16.2. The van der Waals surface area contributed by atoms with Gasteiger partial charge in [0.05, 0.1) is 5.92 Å². The van der Waals surface area contributed by atoms with E-state index in [1.54, 1.807) is 0 Å². The first-order chi connectivity index (χ1) is 13.0. The summed E-state index contributed by atoms with van der Waals surface area (Å²) in [5, 5.41) is 2.91. The van der Waals surface area contributed by atoms with Crippen molar-refractivity contribution >= 4 is 17.7 Å². The number of carbonyl (C=O) groups excluding carboxylic acids is 3. The molecule has 0 aromatic heterocycles. The molecule has 3 aliphatic rings. The quantitative estimate of drug-likeness (QED) is 0.781. The molecule has 2 heterocycles. The van der Waals surface area contributed by atoms with E-state index in [-0.39, 0.29) is 23.8 Å². The lowest BCUT2D eigenvalue weighted by Crippen LogP contribution is -2.55. The normalized spacial score (nSPS) is 29.4. The molecule has 7 nitrogen and oxygen atoms in total. The van der Waals surface area contributed by atoms with Crippen LogP contribution in [0, 0.1) is 11.8 Å². The van der Waals surface area contributed by atoms with Crippen molar-refractivity contribution in [1.29, 1.82) is 0 Å². The van der Waals surface area contributed by atoms with Crippen LogP contribution in [0.4, 0.5) is 4.79 Å². The zero-order chi connectivity index (χ0) is 19.4. The summed E-state index contributed by atoms with van der Waals surface area (Å²) < 4.78 is 0. The topological polar surface area (TPSA) is 73.0 Å². The number of fused-ring (bicyclic) bond motifs is 1. The molecule has 0 spiro atoms. The van der Waals surface area contributed by atoms with Crippen molar-refractivity contribution in [2.45, 2.75) is 51.5 Å². The van der Waals surface area contributed by atoms with Crippen LogP contribution < -0.4 is 5.32 Å². The fourth-order valence-electron chi connectivity index (χ4n) is 5.04. The molecule has 3 amide bonds. The van der Waals surface area contributed by atoms with Gasteiger partial charge in [0, 0.05) is 45.1 Å². The summed E-state index contributed by atoms with van der Waals surface area (Å²) in [5.74, 6) is 0.256. The van der Waals surface area contributed by atoms with E-state index in [1.165, 1.54) is 17.7 Å². The molecule has 3 rings (SSSR count). The molecule has 0 unspecified atom stereocenters. The smallest absolute Gasteiger partial charge is 0.324 e. The fraction of sp³-hybridized carbons (Fsp3) is 0.850. The van der Waals surface area contributed by atoms with E-state index in [1.807, 2.05) is 14.0 Å². The summed E-state index contributed by atoms with van der Waals surface area (Å²) in [6, 6.07) is 0.113. The van der Waals surface area contributed by atoms with Gasteiger partial charge in [-0.2, -0.15) is 0 Å². The van der Waals surface area contributed by atoms with E-state index in [0.717, 1.165) is 32.5 Å². The summed E-state index contributed by atoms with van der Waals surface area (Å²) in [6.45, 7) is 6.51. The van der Waals surface area contributed by atoms with Crippen molar-refractivity contribution in [3.05, 3.63) is 0 Å². The Bertz CT molecular complexity index is 561. The minimum Gasteiger partial charge on any atom is -0.336 e.